The Hall–Kier alpha value is -1.55. The average Bonchev–Trinajstić information content (AvgIpc) is 2.61. The van der Waals surface area contributed by atoms with Crippen molar-refractivity contribution in [3.05, 3.63) is 35.4 Å². The molecule has 1 aromatic carbocycles. The molecule has 1 aromatic rings. The van der Waals surface area contributed by atoms with Gasteiger partial charge in [-0.2, -0.15) is 0 Å². The van der Waals surface area contributed by atoms with Crippen LogP contribution in [-0.2, 0) is 17.7 Å². The summed E-state index contributed by atoms with van der Waals surface area (Å²) in [5.74, 6) is 0.871. The number of carbonyl (C=O) groups is 1. The Kier molecular flexibility index (Phi) is 6.80. The van der Waals surface area contributed by atoms with Crippen molar-refractivity contribution in [2.45, 2.75) is 83.9 Å². The van der Waals surface area contributed by atoms with Crippen molar-refractivity contribution in [2.75, 3.05) is 13.1 Å². The molecule has 0 spiro atoms. The Morgan fingerprint density at radius 1 is 1.15 bits per heavy atom. The van der Waals surface area contributed by atoms with Gasteiger partial charge < -0.3 is 10.1 Å². The number of carbonyl (C=O) groups excluding carboxylic acids is 1. The largest absolute Gasteiger partial charge is 0.444 e. The molecule has 27 heavy (non-hydrogen) atoms. The fourth-order valence-electron chi connectivity index (χ4n) is 4.56. The van der Waals surface area contributed by atoms with Gasteiger partial charge in [0.15, 0.2) is 0 Å². The first-order valence-corrected chi connectivity index (χ1v) is 10.7. The molecule has 1 heterocycles. The summed E-state index contributed by atoms with van der Waals surface area (Å²) in [6.07, 6.45) is 9.10. The molecule has 0 radical (unpaired) electrons. The first kappa shape index (κ1) is 20.2. The molecule has 1 aliphatic carbocycles. The standard InChI is InChI=1S/C23H36N2O2/c1-23(2,3)27-22(26)24-13-14-25-17-20-12-8-7-11-19(20)16-21(25)15-18-9-5-4-6-10-18/h7-8,11-12,18,21H,4-6,9-10,13-17H2,1-3H3,(H,24,26). The SMILES string of the molecule is CC(C)(C)OC(=O)NCCN1Cc2ccccc2CC1CC1CCCCC1. The Balaban J connectivity index is 1.58. The summed E-state index contributed by atoms with van der Waals surface area (Å²) in [5.41, 5.74) is 2.50. The summed E-state index contributed by atoms with van der Waals surface area (Å²) in [6, 6.07) is 9.43. The summed E-state index contributed by atoms with van der Waals surface area (Å²) in [7, 11) is 0. The number of hydrogen-bond acceptors (Lipinski definition) is 3. The van der Waals surface area contributed by atoms with Crippen LogP contribution in [0.5, 0.6) is 0 Å². The molecule has 2 aliphatic rings. The van der Waals surface area contributed by atoms with Gasteiger partial charge >= 0.3 is 6.09 Å². The number of fused-ring (bicyclic) bond motifs is 1. The number of benzene rings is 1. The Morgan fingerprint density at radius 3 is 2.56 bits per heavy atom. The number of nitrogens with one attached hydrogen (secondary N) is 1. The predicted octanol–water partition coefficient (Wildman–Crippen LogP) is 4.91. The monoisotopic (exact) mass is 372 g/mol. The first-order chi connectivity index (χ1) is 12.9. The van der Waals surface area contributed by atoms with E-state index in [2.05, 4.69) is 34.5 Å². The maximum Gasteiger partial charge on any atom is 0.407 e. The van der Waals surface area contributed by atoms with Crippen LogP contribution >= 0.6 is 0 Å². The van der Waals surface area contributed by atoms with Crippen LogP contribution in [-0.4, -0.2) is 35.7 Å². The van der Waals surface area contributed by atoms with Gasteiger partial charge in [-0.15, -0.1) is 0 Å². The number of ether oxygens (including phenoxy) is 1. The van der Waals surface area contributed by atoms with E-state index in [0.717, 1.165) is 25.4 Å². The number of amides is 1. The van der Waals surface area contributed by atoms with Crippen LogP contribution in [0.3, 0.4) is 0 Å². The highest BCUT2D eigenvalue weighted by atomic mass is 16.6. The Labute approximate surface area is 164 Å². The van der Waals surface area contributed by atoms with Gasteiger partial charge in [0.1, 0.15) is 5.60 Å². The summed E-state index contributed by atoms with van der Waals surface area (Å²) in [4.78, 5) is 14.5. The maximum atomic E-state index is 11.9. The zero-order chi connectivity index (χ0) is 19.3. The number of alkyl carbamates (subject to hydrolysis) is 1. The molecule has 1 N–H and O–H groups in total. The van der Waals surface area contributed by atoms with Gasteiger partial charge in [0.05, 0.1) is 0 Å². The van der Waals surface area contributed by atoms with Crippen molar-refractivity contribution in [1.82, 2.24) is 10.2 Å². The van der Waals surface area contributed by atoms with Crippen molar-refractivity contribution in [2.24, 2.45) is 5.92 Å². The number of hydrogen-bond donors (Lipinski definition) is 1. The van der Waals surface area contributed by atoms with E-state index < -0.39 is 5.60 Å². The second-order valence-corrected chi connectivity index (χ2v) is 9.27. The normalized spacial score (nSPS) is 21.5. The molecule has 4 nitrogen and oxygen atoms in total. The van der Waals surface area contributed by atoms with E-state index in [1.807, 2.05) is 20.8 Å². The second kappa shape index (κ2) is 9.09. The quantitative estimate of drug-likeness (QED) is 0.798. The van der Waals surface area contributed by atoms with Crippen molar-refractivity contribution in [3.63, 3.8) is 0 Å². The van der Waals surface area contributed by atoms with Crippen LogP contribution in [0, 0.1) is 5.92 Å². The molecule has 1 saturated carbocycles. The van der Waals surface area contributed by atoms with E-state index in [0.29, 0.717) is 12.6 Å². The van der Waals surface area contributed by atoms with Crippen molar-refractivity contribution in [1.29, 1.82) is 0 Å². The van der Waals surface area contributed by atoms with Crippen LogP contribution in [0.4, 0.5) is 4.79 Å². The van der Waals surface area contributed by atoms with Crippen molar-refractivity contribution < 1.29 is 9.53 Å². The van der Waals surface area contributed by atoms with E-state index >= 15 is 0 Å². The third-order valence-corrected chi connectivity index (χ3v) is 5.86. The minimum Gasteiger partial charge on any atom is -0.444 e. The zero-order valence-electron chi connectivity index (χ0n) is 17.3. The Bertz CT molecular complexity index is 617. The van der Waals surface area contributed by atoms with E-state index in [1.54, 1.807) is 0 Å². The van der Waals surface area contributed by atoms with Crippen LogP contribution < -0.4 is 5.32 Å². The van der Waals surface area contributed by atoms with Crippen LogP contribution in [0.1, 0.15) is 70.4 Å². The number of nitrogens with zero attached hydrogens (tertiary/aromatic N) is 1. The molecule has 3 rings (SSSR count). The van der Waals surface area contributed by atoms with E-state index in [4.69, 9.17) is 4.74 Å². The second-order valence-electron chi connectivity index (χ2n) is 9.27. The minimum atomic E-state index is -0.447. The summed E-state index contributed by atoms with van der Waals surface area (Å²) >= 11 is 0. The predicted molar refractivity (Wildman–Crippen MR) is 110 cm³/mol. The van der Waals surface area contributed by atoms with E-state index in [9.17, 15) is 4.79 Å². The topological polar surface area (TPSA) is 41.6 Å². The fourth-order valence-corrected chi connectivity index (χ4v) is 4.56. The third kappa shape index (κ3) is 6.24. The summed E-state index contributed by atoms with van der Waals surface area (Å²) in [6.45, 7) is 8.20. The van der Waals surface area contributed by atoms with Gasteiger partial charge in [0.25, 0.3) is 0 Å². The van der Waals surface area contributed by atoms with Crippen LogP contribution in [0.25, 0.3) is 0 Å². The molecule has 1 amide bonds. The summed E-state index contributed by atoms with van der Waals surface area (Å²) in [5, 5.41) is 2.93. The lowest BCUT2D eigenvalue weighted by molar-refractivity contribution is 0.0512. The highest BCUT2D eigenvalue weighted by molar-refractivity contribution is 5.67. The molecule has 0 aromatic heterocycles. The Morgan fingerprint density at radius 2 is 1.85 bits per heavy atom. The van der Waals surface area contributed by atoms with Crippen LogP contribution in [0.15, 0.2) is 24.3 Å². The molecule has 4 heteroatoms. The van der Waals surface area contributed by atoms with Gasteiger partial charge in [-0.1, -0.05) is 56.4 Å². The van der Waals surface area contributed by atoms with E-state index in [1.165, 1.54) is 49.7 Å². The van der Waals surface area contributed by atoms with Gasteiger partial charge in [-0.3, -0.25) is 4.90 Å². The lowest BCUT2D eigenvalue weighted by atomic mass is 9.81. The third-order valence-electron chi connectivity index (χ3n) is 5.86. The minimum absolute atomic E-state index is 0.316. The average molecular weight is 373 g/mol. The molecule has 1 fully saturated rings. The lowest BCUT2D eigenvalue weighted by Gasteiger charge is -2.39. The van der Waals surface area contributed by atoms with Crippen LogP contribution in [0.2, 0.25) is 0 Å². The molecule has 0 bridgehead atoms. The van der Waals surface area contributed by atoms with E-state index in [-0.39, 0.29) is 6.09 Å². The molecular formula is C23H36N2O2. The molecule has 1 aliphatic heterocycles. The van der Waals surface area contributed by atoms with Gasteiger partial charge in [-0.05, 0) is 50.7 Å². The highest BCUT2D eigenvalue weighted by Gasteiger charge is 2.28. The summed E-state index contributed by atoms with van der Waals surface area (Å²) < 4.78 is 5.36. The molecule has 0 saturated heterocycles. The smallest absolute Gasteiger partial charge is 0.407 e. The fraction of sp³-hybridized carbons (Fsp3) is 0.696. The molecule has 1 atom stereocenters. The van der Waals surface area contributed by atoms with Crippen molar-refractivity contribution >= 4 is 6.09 Å². The number of rotatable bonds is 5. The lowest BCUT2D eigenvalue weighted by Crippen LogP contribution is -2.45. The van der Waals surface area contributed by atoms with Gasteiger partial charge in [-0.25, -0.2) is 4.79 Å². The maximum absolute atomic E-state index is 11.9. The molecule has 150 valence electrons. The van der Waals surface area contributed by atoms with Gasteiger partial charge in [0.2, 0.25) is 0 Å². The van der Waals surface area contributed by atoms with Crippen molar-refractivity contribution in [3.8, 4) is 0 Å². The van der Waals surface area contributed by atoms with Gasteiger partial charge in [0, 0.05) is 25.7 Å². The molecular weight excluding hydrogens is 336 g/mol. The molecule has 1 unspecified atom stereocenters. The highest BCUT2D eigenvalue weighted by Crippen LogP contribution is 2.32. The first-order valence-electron chi connectivity index (χ1n) is 10.7. The zero-order valence-corrected chi connectivity index (χ0v) is 17.3.